The predicted octanol–water partition coefficient (Wildman–Crippen LogP) is 2.50. The standard InChI is InChI=1S/C15H13FO4S/c1-10-3-2-4-12(7-10)21(19,20)9-15(18)13-8-11(16)5-6-14(13)17/h2-8,17H,9H2,1H3. The summed E-state index contributed by atoms with van der Waals surface area (Å²) in [5, 5.41) is 9.53. The number of aromatic hydroxyl groups is 1. The summed E-state index contributed by atoms with van der Waals surface area (Å²) in [7, 11) is -3.84. The number of phenols is 1. The Morgan fingerprint density at radius 3 is 2.57 bits per heavy atom. The first kappa shape index (κ1) is 15.2. The maximum atomic E-state index is 13.1. The van der Waals surface area contributed by atoms with E-state index >= 15 is 0 Å². The Balaban J connectivity index is 2.32. The number of Topliss-reactive ketones (excluding diaryl/α,β-unsaturated/α-hetero) is 1. The average molecular weight is 308 g/mol. The minimum Gasteiger partial charge on any atom is -0.507 e. The first-order valence-electron chi connectivity index (χ1n) is 6.11. The SMILES string of the molecule is Cc1cccc(S(=O)(=O)CC(=O)c2cc(F)ccc2O)c1. The summed E-state index contributed by atoms with van der Waals surface area (Å²) in [6.45, 7) is 1.74. The molecule has 0 aliphatic rings. The molecule has 0 aliphatic carbocycles. The van der Waals surface area contributed by atoms with Gasteiger partial charge in [-0.25, -0.2) is 12.8 Å². The smallest absolute Gasteiger partial charge is 0.185 e. The van der Waals surface area contributed by atoms with Gasteiger partial charge >= 0.3 is 0 Å². The highest BCUT2D eigenvalue weighted by Crippen LogP contribution is 2.21. The van der Waals surface area contributed by atoms with Gasteiger partial charge in [-0.2, -0.15) is 0 Å². The topological polar surface area (TPSA) is 71.4 Å². The van der Waals surface area contributed by atoms with Crippen LogP contribution in [-0.4, -0.2) is 25.1 Å². The summed E-state index contributed by atoms with van der Waals surface area (Å²) in [4.78, 5) is 12.0. The number of carbonyl (C=O) groups is 1. The van der Waals surface area contributed by atoms with Crippen molar-refractivity contribution < 1.29 is 22.7 Å². The van der Waals surface area contributed by atoms with Crippen LogP contribution < -0.4 is 0 Å². The van der Waals surface area contributed by atoms with E-state index in [1.54, 1.807) is 19.1 Å². The fraction of sp³-hybridized carbons (Fsp3) is 0.133. The van der Waals surface area contributed by atoms with Gasteiger partial charge in [0.1, 0.15) is 17.3 Å². The van der Waals surface area contributed by atoms with Crippen molar-refractivity contribution in [2.24, 2.45) is 0 Å². The van der Waals surface area contributed by atoms with Crippen LogP contribution in [0.15, 0.2) is 47.4 Å². The van der Waals surface area contributed by atoms with Crippen LogP contribution in [0.1, 0.15) is 15.9 Å². The van der Waals surface area contributed by atoms with Crippen molar-refractivity contribution in [3.8, 4) is 5.75 Å². The number of sulfone groups is 1. The van der Waals surface area contributed by atoms with Crippen LogP contribution in [0.25, 0.3) is 0 Å². The quantitative estimate of drug-likeness (QED) is 0.881. The lowest BCUT2D eigenvalue weighted by Crippen LogP contribution is -2.17. The minimum absolute atomic E-state index is 0.0201. The zero-order valence-electron chi connectivity index (χ0n) is 11.2. The van der Waals surface area contributed by atoms with Crippen LogP contribution in [0.2, 0.25) is 0 Å². The van der Waals surface area contributed by atoms with E-state index in [-0.39, 0.29) is 10.5 Å². The van der Waals surface area contributed by atoms with E-state index in [0.717, 1.165) is 23.8 Å². The molecule has 2 aromatic carbocycles. The zero-order valence-corrected chi connectivity index (χ0v) is 12.0. The molecule has 0 atom stereocenters. The molecule has 0 heterocycles. The third-order valence-electron chi connectivity index (χ3n) is 2.93. The molecular formula is C15H13FO4S. The highest BCUT2D eigenvalue weighted by atomic mass is 32.2. The molecule has 0 fully saturated rings. The van der Waals surface area contributed by atoms with Crippen molar-refractivity contribution in [3.63, 3.8) is 0 Å². The van der Waals surface area contributed by atoms with Gasteiger partial charge in [-0.3, -0.25) is 4.79 Å². The molecule has 0 saturated heterocycles. The highest BCUT2D eigenvalue weighted by molar-refractivity contribution is 7.92. The largest absolute Gasteiger partial charge is 0.507 e. The molecule has 4 nitrogen and oxygen atoms in total. The fourth-order valence-corrected chi connectivity index (χ4v) is 3.19. The molecule has 6 heteroatoms. The molecule has 2 rings (SSSR count). The minimum atomic E-state index is -3.84. The molecule has 0 amide bonds. The van der Waals surface area contributed by atoms with Crippen molar-refractivity contribution in [3.05, 3.63) is 59.4 Å². The first-order chi connectivity index (χ1) is 9.79. The van der Waals surface area contributed by atoms with Gasteiger partial charge < -0.3 is 5.11 Å². The maximum Gasteiger partial charge on any atom is 0.185 e. The van der Waals surface area contributed by atoms with Gasteiger partial charge in [0.25, 0.3) is 0 Å². The van der Waals surface area contributed by atoms with Crippen LogP contribution in [0.3, 0.4) is 0 Å². The first-order valence-corrected chi connectivity index (χ1v) is 7.76. The third kappa shape index (κ3) is 3.46. The maximum absolute atomic E-state index is 13.1. The van der Waals surface area contributed by atoms with Crippen LogP contribution in [0, 0.1) is 12.7 Å². The second-order valence-corrected chi connectivity index (χ2v) is 6.65. The average Bonchev–Trinajstić information content (AvgIpc) is 2.41. The summed E-state index contributed by atoms with van der Waals surface area (Å²) in [5.74, 6) is -2.84. The second kappa shape index (κ2) is 5.65. The van der Waals surface area contributed by atoms with E-state index in [9.17, 15) is 22.7 Å². The Hall–Kier alpha value is -2.21. The summed E-state index contributed by atoms with van der Waals surface area (Å²) in [6, 6.07) is 8.98. The zero-order chi connectivity index (χ0) is 15.6. The molecule has 0 radical (unpaired) electrons. The normalized spacial score (nSPS) is 11.3. The molecule has 0 aromatic heterocycles. The second-order valence-electron chi connectivity index (χ2n) is 4.66. The number of carbonyl (C=O) groups excluding carboxylic acids is 1. The lowest BCUT2D eigenvalue weighted by atomic mass is 10.1. The van der Waals surface area contributed by atoms with Crippen molar-refractivity contribution in [2.45, 2.75) is 11.8 Å². The van der Waals surface area contributed by atoms with Crippen molar-refractivity contribution >= 4 is 15.6 Å². The van der Waals surface area contributed by atoms with Gasteiger partial charge in [0.2, 0.25) is 0 Å². The molecule has 1 N–H and O–H groups in total. The van der Waals surface area contributed by atoms with Crippen molar-refractivity contribution in [1.82, 2.24) is 0 Å². The van der Waals surface area contributed by atoms with Crippen LogP contribution in [0.5, 0.6) is 5.75 Å². The lowest BCUT2D eigenvalue weighted by Gasteiger charge is -2.06. The number of aryl methyl sites for hydroxylation is 1. The summed E-state index contributed by atoms with van der Waals surface area (Å²) in [6.07, 6.45) is 0. The number of hydrogen-bond acceptors (Lipinski definition) is 4. The highest BCUT2D eigenvalue weighted by Gasteiger charge is 2.22. The van der Waals surface area contributed by atoms with E-state index in [1.807, 2.05) is 0 Å². The Morgan fingerprint density at radius 2 is 1.90 bits per heavy atom. The number of phenolic OH excluding ortho intramolecular Hbond substituents is 1. The van der Waals surface area contributed by atoms with Crippen LogP contribution in [0.4, 0.5) is 4.39 Å². The molecule has 0 unspecified atom stereocenters. The fourth-order valence-electron chi connectivity index (χ4n) is 1.87. The number of hydrogen-bond donors (Lipinski definition) is 1. The molecule has 2 aromatic rings. The Bertz CT molecular complexity index is 797. The third-order valence-corrected chi connectivity index (χ3v) is 4.54. The van der Waals surface area contributed by atoms with Gasteiger partial charge in [-0.05, 0) is 42.8 Å². The molecule has 0 spiro atoms. The van der Waals surface area contributed by atoms with E-state index in [2.05, 4.69) is 0 Å². The Morgan fingerprint density at radius 1 is 1.19 bits per heavy atom. The molecular weight excluding hydrogens is 295 g/mol. The van der Waals surface area contributed by atoms with E-state index in [1.165, 1.54) is 12.1 Å². The molecule has 0 aliphatic heterocycles. The number of benzene rings is 2. The summed E-state index contributed by atoms with van der Waals surface area (Å²) >= 11 is 0. The molecule has 0 saturated carbocycles. The van der Waals surface area contributed by atoms with E-state index < -0.39 is 32.9 Å². The monoisotopic (exact) mass is 308 g/mol. The number of rotatable bonds is 4. The van der Waals surface area contributed by atoms with Crippen molar-refractivity contribution in [2.75, 3.05) is 5.75 Å². The lowest BCUT2D eigenvalue weighted by molar-refractivity contribution is 0.101. The van der Waals surface area contributed by atoms with Crippen molar-refractivity contribution in [1.29, 1.82) is 0 Å². The summed E-state index contributed by atoms with van der Waals surface area (Å²) < 4.78 is 37.4. The number of ketones is 1. The van der Waals surface area contributed by atoms with Gasteiger partial charge in [-0.1, -0.05) is 12.1 Å². The van der Waals surface area contributed by atoms with Gasteiger partial charge in [0.05, 0.1) is 10.5 Å². The van der Waals surface area contributed by atoms with Gasteiger partial charge in [0, 0.05) is 0 Å². The number of halogens is 1. The predicted molar refractivity (Wildman–Crippen MR) is 75.6 cm³/mol. The molecule has 110 valence electrons. The van der Waals surface area contributed by atoms with Crippen LogP contribution in [-0.2, 0) is 9.84 Å². The van der Waals surface area contributed by atoms with E-state index in [0.29, 0.717) is 0 Å². The van der Waals surface area contributed by atoms with E-state index in [4.69, 9.17) is 0 Å². The Labute approximate surface area is 121 Å². The van der Waals surface area contributed by atoms with Gasteiger partial charge in [0.15, 0.2) is 15.6 Å². The van der Waals surface area contributed by atoms with Crippen LogP contribution >= 0.6 is 0 Å². The Kier molecular flexibility index (Phi) is 4.09. The molecule has 0 bridgehead atoms. The summed E-state index contributed by atoms with van der Waals surface area (Å²) in [5.41, 5.74) is 0.406. The molecule has 21 heavy (non-hydrogen) atoms. The van der Waals surface area contributed by atoms with Gasteiger partial charge in [-0.15, -0.1) is 0 Å².